The fourth-order valence-corrected chi connectivity index (χ4v) is 5.72. The molecule has 1 N–H and O–H groups in total. The number of fused-ring (bicyclic) bond motifs is 1. The fourth-order valence-electron chi connectivity index (χ4n) is 4.35. The molecule has 0 bridgehead atoms. The van der Waals surface area contributed by atoms with Crippen molar-refractivity contribution in [1.29, 1.82) is 0 Å². The number of carbonyl (C=O) groups excluding carboxylic acids is 1. The zero-order valence-electron chi connectivity index (χ0n) is 20.6. The molecule has 0 unspecified atom stereocenters. The Bertz CT molecular complexity index is 1790. The Morgan fingerprint density at radius 3 is 2.59 bits per heavy atom. The SMILES string of the molecule is COc1ncccc1-c1cccc(Cn2cc(S(=O)(=O)CC(=O)Nc3ccccn3)c3c(F)cc(F)cc32)c1. The van der Waals surface area contributed by atoms with Crippen LogP contribution in [0.1, 0.15) is 5.56 Å². The van der Waals surface area contributed by atoms with E-state index in [-0.39, 0.29) is 23.3 Å². The number of benzene rings is 2. The fraction of sp³-hybridized carbons (Fsp3) is 0.107. The van der Waals surface area contributed by atoms with Gasteiger partial charge in [0, 0.05) is 36.8 Å². The van der Waals surface area contributed by atoms with Crippen molar-refractivity contribution in [3.63, 3.8) is 0 Å². The van der Waals surface area contributed by atoms with Gasteiger partial charge in [0.25, 0.3) is 0 Å². The van der Waals surface area contributed by atoms with Gasteiger partial charge >= 0.3 is 0 Å². The summed E-state index contributed by atoms with van der Waals surface area (Å²) in [5.41, 5.74) is 2.32. The third-order valence-corrected chi connectivity index (χ3v) is 7.63. The zero-order chi connectivity index (χ0) is 27.6. The number of sulfone groups is 1. The second kappa shape index (κ2) is 10.6. The van der Waals surface area contributed by atoms with Gasteiger partial charge in [-0.2, -0.15) is 0 Å². The van der Waals surface area contributed by atoms with Crippen LogP contribution in [0.3, 0.4) is 0 Å². The first kappa shape index (κ1) is 26.0. The molecule has 5 rings (SSSR count). The average molecular weight is 549 g/mol. The van der Waals surface area contributed by atoms with E-state index in [4.69, 9.17) is 4.74 Å². The molecule has 0 aliphatic carbocycles. The molecule has 2 aromatic carbocycles. The smallest absolute Gasteiger partial charge is 0.241 e. The average Bonchev–Trinajstić information content (AvgIpc) is 3.28. The first-order valence-electron chi connectivity index (χ1n) is 11.7. The lowest BCUT2D eigenvalue weighted by molar-refractivity contribution is -0.113. The molecule has 0 aliphatic rings. The van der Waals surface area contributed by atoms with Gasteiger partial charge in [0.15, 0.2) is 9.84 Å². The third-order valence-electron chi connectivity index (χ3n) is 6.01. The molecule has 0 radical (unpaired) electrons. The predicted octanol–water partition coefficient (Wildman–Crippen LogP) is 4.85. The van der Waals surface area contributed by atoms with Crippen molar-refractivity contribution in [3.8, 4) is 17.0 Å². The number of aromatic nitrogens is 3. The van der Waals surface area contributed by atoms with Crippen molar-refractivity contribution >= 4 is 32.5 Å². The highest BCUT2D eigenvalue weighted by molar-refractivity contribution is 7.92. The van der Waals surface area contributed by atoms with Crippen LogP contribution in [-0.2, 0) is 21.2 Å². The van der Waals surface area contributed by atoms with Crippen molar-refractivity contribution in [3.05, 3.63) is 103 Å². The molecule has 0 saturated heterocycles. The monoisotopic (exact) mass is 548 g/mol. The van der Waals surface area contributed by atoms with Gasteiger partial charge < -0.3 is 14.6 Å². The number of carbonyl (C=O) groups is 1. The molecule has 3 heterocycles. The van der Waals surface area contributed by atoms with Gasteiger partial charge in [-0.05, 0) is 47.5 Å². The van der Waals surface area contributed by atoms with Crippen LogP contribution in [-0.4, -0.2) is 41.7 Å². The van der Waals surface area contributed by atoms with Gasteiger partial charge in [0.05, 0.1) is 22.9 Å². The van der Waals surface area contributed by atoms with Crippen molar-refractivity contribution < 1.29 is 26.7 Å². The number of amides is 1. The molecular weight excluding hydrogens is 526 g/mol. The van der Waals surface area contributed by atoms with E-state index in [0.29, 0.717) is 11.9 Å². The van der Waals surface area contributed by atoms with Crippen molar-refractivity contribution in [2.75, 3.05) is 18.2 Å². The molecule has 39 heavy (non-hydrogen) atoms. The van der Waals surface area contributed by atoms with E-state index in [2.05, 4.69) is 15.3 Å². The van der Waals surface area contributed by atoms with E-state index in [1.807, 2.05) is 30.3 Å². The lowest BCUT2D eigenvalue weighted by Crippen LogP contribution is -2.23. The summed E-state index contributed by atoms with van der Waals surface area (Å²) >= 11 is 0. The number of ether oxygens (including phenoxy) is 1. The number of methoxy groups -OCH3 is 1. The quantitative estimate of drug-likeness (QED) is 0.298. The molecule has 0 aliphatic heterocycles. The number of hydrogen-bond acceptors (Lipinski definition) is 6. The number of nitrogens with one attached hydrogen (secondary N) is 1. The Balaban J connectivity index is 1.52. The number of hydrogen-bond donors (Lipinski definition) is 1. The highest BCUT2D eigenvalue weighted by atomic mass is 32.2. The molecule has 3 aromatic heterocycles. The molecule has 11 heteroatoms. The van der Waals surface area contributed by atoms with Crippen LogP contribution in [0.2, 0.25) is 0 Å². The third kappa shape index (κ3) is 5.48. The second-order valence-electron chi connectivity index (χ2n) is 8.69. The number of anilines is 1. The van der Waals surface area contributed by atoms with Crippen LogP contribution in [0.25, 0.3) is 22.0 Å². The Labute approximate surface area is 222 Å². The number of pyridine rings is 2. The predicted molar refractivity (Wildman–Crippen MR) is 142 cm³/mol. The van der Waals surface area contributed by atoms with E-state index >= 15 is 0 Å². The first-order valence-corrected chi connectivity index (χ1v) is 13.4. The molecule has 0 spiro atoms. The lowest BCUT2D eigenvalue weighted by Gasteiger charge is -2.10. The van der Waals surface area contributed by atoms with Crippen LogP contribution >= 0.6 is 0 Å². The number of rotatable bonds is 8. The van der Waals surface area contributed by atoms with Crippen molar-refractivity contribution in [2.45, 2.75) is 11.4 Å². The maximum Gasteiger partial charge on any atom is 0.241 e. The van der Waals surface area contributed by atoms with Gasteiger partial charge in [0.1, 0.15) is 23.2 Å². The van der Waals surface area contributed by atoms with Crippen LogP contribution < -0.4 is 10.1 Å². The van der Waals surface area contributed by atoms with E-state index in [9.17, 15) is 22.0 Å². The summed E-state index contributed by atoms with van der Waals surface area (Å²) in [5, 5.41) is 2.13. The van der Waals surface area contributed by atoms with Crippen LogP contribution in [0.15, 0.2) is 90.2 Å². The maximum absolute atomic E-state index is 15.0. The van der Waals surface area contributed by atoms with E-state index in [0.717, 1.165) is 22.8 Å². The van der Waals surface area contributed by atoms with Gasteiger partial charge in [-0.1, -0.05) is 24.3 Å². The summed E-state index contributed by atoms with van der Waals surface area (Å²) in [6.45, 7) is 0.103. The molecule has 0 fully saturated rings. The summed E-state index contributed by atoms with van der Waals surface area (Å²) in [4.78, 5) is 20.2. The Morgan fingerprint density at radius 1 is 1.00 bits per heavy atom. The van der Waals surface area contributed by atoms with Crippen LogP contribution in [0.5, 0.6) is 5.88 Å². The largest absolute Gasteiger partial charge is 0.481 e. The molecule has 8 nitrogen and oxygen atoms in total. The second-order valence-corrected chi connectivity index (χ2v) is 10.6. The van der Waals surface area contributed by atoms with Crippen LogP contribution in [0, 0.1) is 11.6 Å². The highest BCUT2D eigenvalue weighted by Gasteiger charge is 2.27. The van der Waals surface area contributed by atoms with Gasteiger partial charge in [0.2, 0.25) is 11.8 Å². The minimum atomic E-state index is -4.32. The summed E-state index contributed by atoms with van der Waals surface area (Å²) in [6.07, 6.45) is 4.29. The van der Waals surface area contributed by atoms with Gasteiger partial charge in [-0.25, -0.2) is 27.2 Å². The summed E-state index contributed by atoms with van der Waals surface area (Å²) in [7, 11) is -2.80. The van der Waals surface area contributed by atoms with E-state index in [1.54, 1.807) is 24.4 Å². The molecular formula is C28H22F2N4O4S. The topological polar surface area (TPSA) is 103 Å². The molecule has 5 aromatic rings. The normalized spacial score (nSPS) is 11.5. The molecule has 0 saturated carbocycles. The number of halogens is 2. The lowest BCUT2D eigenvalue weighted by atomic mass is 10.0. The maximum atomic E-state index is 15.0. The minimum absolute atomic E-state index is 0.0422. The van der Waals surface area contributed by atoms with E-state index in [1.165, 1.54) is 30.1 Å². The zero-order valence-corrected chi connectivity index (χ0v) is 21.5. The standard InChI is InChI=1S/C28H22F2N4O4S/c1-38-28-21(8-5-11-32-28)19-7-4-6-18(12-19)15-34-16-24(27-22(30)13-20(29)14-23(27)34)39(36,37)17-26(35)33-25-9-2-3-10-31-25/h2-14,16H,15,17H2,1H3,(H,31,33,35). The molecule has 0 atom stereocenters. The Morgan fingerprint density at radius 2 is 1.82 bits per heavy atom. The number of nitrogens with zero attached hydrogens (tertiary/aromatic N) is 3. The molecule has 1 amide bonds. The molecule has 198 valence electrons. The van der Waals surface area contributed by atoms with Gasteiger partial charge in [-0.15, -0.1) is 0 Å². The van der Waals surface area contributed by atoms with Gasteiger partial charge in [-0.3, -0.25) is 4.79 Å². The first-order chi connectivity index (χ1) is 18.7. The highest BCUT2D eigenvalue weighted by Crippen LogP contribution is 2.32. The Kier molecular flexibility index (Phi) is 7.07. The summed E-state index contributed by atoms with van der Waals surface area (Å²) < 4.78 is 62.6. The van der Waals surface area contributed by atoms with E-state index < -0.39 is 38.0 Å². The minimum Gasteiger partial charge on any atom is -0.481 e. The van der Waals surface area contributed by atoms with Crippen molar-refractivity contribution in [1.82, 2.24) is 14.5 Å². The van der Waals surface area contributed by atoms with Crippen molar-refractivity contribution in [2.24, 2.45) is 0 Å². The Hall–Kier alpha value is -4.64. The van der Waals surface area contributed by atoms with Crippen LogP contribution in [0.4, 0.5) is 14.6 Å². The summed E-state index contributed by atoms with van der Waals surface area (Å²) in [6, 6.07) is 17.4. The summed E-state index contributed by atoms with van der Waals surface area (Å²) in [5.74, 6) is -3.07.